The number of nitrogens with zero attached hydrogens (tertiary/aromatic N) is 1. The third-order valence-electron chi connectivity index (χ3n) is 7.15. The molecule has 3 aliphatic heterocycles. The number of carbonyl (C=O) groups is 1. The first-order valence-corrected chi connectivity index (χ1v) is 11.6. The topological polar surface area (TPSA) is 29.5 Å². The smallest absolute Gasteiger partial charge is 0.417 e. The molecule has 0 spiro atoms. The number of hydrogen-bond donors (Lipinski definition) is 0. The van der Waals surface area contributed by atoms with Crippen LogP contribution in [-0.4, -0.2) is 36.1 Å². The number of carbonyl (C=O) groups excluding carboxylic acids is 1. The van der Waals surface area contributed by atoms with E-state index in [1.165, 1.54) is 18.2 Å². The lowest BCUT2D eigenvalue weighted by atomic mass is 9.72. The zero-order valence-electron chi connectivity index (χ0n) is 18.6. The van der Waals surface area contributed by atoms with Gasteiger partial charge in [0.1, 0.15) is 6.10 Å². The Morgan fingerprint density at radius 3 is 1.91 bits per heavy atom. The first kappa shape index (κ1) is 22.7. The van der Waals surface area contributed by atoms with E-state index in [1.807, 2.05) is 36.4 Å². The second kappa shape index (κ2) is 9.26. The van der Waals surface area contributed by atoms with Crippen LogP contribution >= 0.6 is 0 Å². The second-order valence-corrected chi connectivity index (χ2v) is 9.08. The lowest BCUT2D eigenvalue weighted by Crippen LogP contribution is -2.61. The fourth-order valence-corrected chi connectivity index (χ4v) is 5.60. The minimum atomic E-state index is -4.62. The maximum Gasteiger partial charge on any atom is 0.417 e. The van der Waals surface area contributed by atoms with Crippen molar-refractivity contribution in [2.24, 2.45) is 5.92 Å². The van der Waals surface area contributed by atoms with Crippen molar-refractivity contribution in [3.63, 3.8) is 0 Å². The monoisotopic (exact) mass is 465 g/mol. The average Bonchev–Trinajstić information content (AvgIpc) is 2.87. The highest BCUT2D eigenvalue weighted by molar-refractivity contribution is 5.91. The number of piperidine rings is 3. The number of alkyl halides is 3. The van der Waals surface area contributed by atoms with Crippen molar-refractivity contribution in [2.75, 3.05) is 13.1 Å². The van der Waals surface area contributed by atoms with Crippen molar-refractivity contribution in [1.82, 2.24) is 4.90 Å². The molecule has 0 amide bonds. The van der Waals surface area contributed by atoms with Gasteiger partial charge in [0.2, 0.25) is 0 Å². The van der Waals surface area contributed by atoms with E-state index >= 15 is 0 Å². The summed E-state index contributed by atoms with van der Waals surface area (Å²) in [4.78, 5) is 15.5. The Labute approximate surface area is 197 Å². The standard InChI is InChI=1S/C28H26F3NO2/c29-28(30,31)23-14-8-7-13-22(23)27(33)34-26-21-15-17-32(18-16-21)25(26)24(19-9-3-1-4-10-19)20-11-5-2-6-12-20/h1-14,21,24-26H,15-18H2/t25?,26-/m1/s1. The molecule has 0 aliphatic carbocycles. The van der Waals surface area contributed by atoms with Crippen molar-refractivity contribution < 1.29 is 22.7 Å². The Hall–Kier alpha value is -3.12. The number of benzene rings is 3. The molecular weight excluding hydrogens is 439 g/mol. The SMILES string of the molecule is O=C(O[C@@H]1C2CCN(CC2)C1C(c1ccccc1)c1ccccc1)c1ccccc1C(F)(F)F. The highest BCUT2D eigenvalue weighted by Gasteiger charge is 2.49. The van der Waals surface area contributed by atoms with Gasteiger partial charge in [-0.15, -0.1) is 0 Å². The van der Waals surface area contributed by atoms with Crippen LogP contribution in [0.2, 0.25) is 0 Å². The molecule has 0 saturated carbocycles. The number of rotatable bonds is 5. The maximum absolute atomic E-state index is 13.6. The van der Waals surface area contributed by atoms with E-state index < -0.39 is 29.4 Å². The van der Waals surface area contributed by atoms with E-state index in [-0.39, 0.29) is 17.9 Å². The summed E-state index contributed by atoms with van der Waals surface area (Å²) in [5, 5.41) is 0. The second-order valence-electron chi connectivity index (χ2n) is 9.08. The van der Waals surface area contributed by atoms with Gasteiger partial charge in [-0.3, -0.25) is 4.90 Å². The third-order valence-corrected chi connectivity index (χ3v) is 7.15. The molecule has 3 heterocycles. The molecule has 3 saturated heterocycles. The molecule has 3 aromatic carbocycles. The van der Waals surface area contributed by atoms with E-state index in [2.05, 4.69) is 29.2 Å². The Kier molecular flexibility index (Phi) is 6.17. The minimum Gasteiger partial charge on any atom is -0.457 e. The molecule has 1 unspecified atom stereocenters. The Bertz CT molecular complexity index is 1090. The zero-order valence-corrected chi connectivity index (χ0v) is 18.6. The third kappa shape index (κ3) is 4.34. The summed E-state index contributed by atoms with van der Waals surface area (Å²) in [6, 6.07) is 24.9. The quantitative estimate of drug-likeness (QED) is 0.423. The van der Waals surface area contributed by atoms with Crippen LogP contribution in [0.4, 0.5) is 13.2 Å². The van der Waals surface area contributed by atoms with Crippen molar-refractivity contribution in [3.8, 4) is 0 Å². The van der Waals surface area contributed by atoms with Crippen LogP contribution in [-0.2, 0) is 10.9 Å². The molecule has 3 aliphatic rings. The van der Waals surface area contributed by atoms with Gasteiger partial charge in [-0.1, -0.05) is 72.8 Å². The number of hydrogen-bond acceptors (Lipinski definition) is 3. The van der Waals surface area contributed by atoms with E-state index in [4.69, 9.17) is 4.74 Å². The normalized spacial score (nSPS) is 24.2. The highest BCUT2D eigenvalue weighted by Crippen LogP contribution is 2.44. The maximum atomic E-state index is 13.6. The van der Waals surface area contributed by atoms with E-state index in [0.29, 0.717) is 0 Å². The summed E-state index contributed by atoms with van der Waals surface area (Å²) in [6.45, 7) is 1.78. The molecule has 34 heavy (non-hydrogen) atoms. The van der Waals surface area contributed by atoms with Gasteiger partial charge in [-0.25, -0.2) is 4.79 Å². The number of halogens is 3. The molecule has 2 bridgehead atoms. The van der Waals surface area contributed by atoms with Gasteiger partial charge >= 0.3 is 12.1 Å². The summed E-state index contributed by atoms with van der Waals surface area (Å²) >= 11 is 0. The Morgan fingerprint density at radius 1 is 0.824 bits per heavy atom. The van der Waals surface area contributed by atoms with Gasteiger partial charge < -0.3 is 4.74 Å². The Morgan fingerprint density at radius 2 is 1.35 bits per heavy atom. The Balaban J connectivity index is 1.53. The first-order valence-electron chi connectivity index (χ1n) is 11.6. The largest absolute Gasteiger partial charge is 0.457 e. The first-order chi connectivity index (χ1) is 16.4. The van der Waals surface area contributed by atoms with Crippen LogP contribution in [0.25, 0.3) is 0 Å². The lowest BCUT2D eigenvalue weighted by molar-refractivity contribution is -0.138. The fourth-order valence-electron chi connectivity index (χ4n) is 5.60. The van der Waals surface area contributed by atoms with E-state index in [1.54, 1.807) is 0 Å². The average molecular weight is 466 g/mol. The molecule has 2 atom stereocenters. The van der Waals surface area contributed by atoms with Crippen molar-refractivity contribution >= 4 is 5.97 Å². The van der Waals surface area contributed by atoms with Gasteiger partial charge in [0.05, 0.1) is 17.2 Å². The van der Waals surface area contributed by atoms with Crippen LogP contribution in [0.3, 0.4) is 0 Å². The molecular formula is C28H26F3NO2. The van der Waals surface area contributed by atoms with Gasteiger partial charge in [0.15, 0.2) is 0 Å². The van der Waals surface area contributed by atoms with Crippen LogP contribution in [0.15, 0.2) is 84.9 Å². The lowest BCUT2D eigenvalue weighted by Gasteiger charge is -2.53. The minimum absolute atomic E-state index is 0.0684. The van der Waals surface area contributed by atoms with Crippen LogP contribution in [0, 0.1) is 5.92 Å². The van der Waals surface area contributed by atoms with Gasteiger partial charge in [0.25, 0.3) is 0 Å². The van der Waals surface area contributed by atoms with Crippen molar-refractivity contribution in [2.45, 2.75) is 37.1 Å². The predicted molar refractivity (Wildman–Crippen MR) is 123 cm³/mol. The fraction of sp³-hybridized carbons (Fsp3) is 0.321. The molecule has 0 aromatic heterocycles. The molecule has 0 radical (unpaired) electrons. The predicted octanol–water partition coefficient (Wildman–Crippen LogP) is 6.16. The summed E-state index contributed by atoms with van der Waals surface area (Å²) in [5.41, 5.74) is 0.813. The van der Waals surface area contributed by atoms with Gasteiger partial charge in [-0.2, -0.15) is 13.2 Å². The molecule has 176 valence electrons. The van der Waals surface area contributed by atoms with Crippen molar-refractivity contribution in [1.29, 1.82) is 0 Å². The molecule has 3 nitrogen and oxygen atoms in total. The number of esters is 1. The molecule has 6 rings (SSSR count). The zero-order chi connectivity index (χ0) is 23.7. The van der Waals surface area contributed by atoms with Crippen LogP contribution < -0.4 is 0 Å². The molecule has 0 N–H and O–H groups in total. The highest BCUT2D eigenvalue weighted by atomic mass is 19.4. The van der Waals surface area contributed by atoms with Gasteiger partial charge in [-0.05, 0) is 55.1 Å². The van der Waals surface area contributed by atoms with Crippen LogP contribution in [0.5, 0.6) is 0 Å². The van der Waals surface area contributed by atoms with E-state index in [0.717, 1.165) is 43.1 Å². The molecule has 6 heteroatoms. The summed E-state index contributed by atoms with van der Waals surface area (Å²) in [7, 11) is 0. The summed E-state index contributed by atoms with van der Waals surface area (Å²) < 4.78 is 46.7. The molecule has 3 fully saturated rings. The van der Waals surface area contributed by atoms with Gasteiger partial charge in [0, 0.05) is 5.92 Å². The van der Waals surface area contributed by atoms with Crippen LogP contribution in [0.1, 0.15) is 45.8 Å². The number of fused-ring (bicyclic) bond motifs is 3. The van der Waals surface area contributed by atoms with Crippen molar-refractivity contribution in [3.05, 3.63) is 107 Å². The molecule has 3 aromatic rings. The summed E-state index contributed by atoms with van der Waals surface area (Å²) in [5.74, 6) is -0.857. The number of ether oxygens (including phenoxy) is 1. The summed E-state index contributed by atoms with van der Waals surface area (Å²) in [6.07, 6.45) is -3.39. The van der Waals surface area contributed by atoms with E-state index in [9.17, 15) is 18.0 Å².